The first-order chi connectivity index (χ1) is 11.6. The molecule has 0 saturated heterocycles. The maximum atomic E-state index is 11.6. The Labute approximate surface area is 144 Å². The third-order valence-corrected chi connectivity index (χ3v) is 3.17. The molecule has 0 fully saturated rings. The highest BCUT2D eigenvalue weighted by molar-refractivity contribution is 6.30. The molecule has 0 bridgehead atoms. The van der Waals surface area contributed by atoms with Crippen LogP contribution in [0.25, 0.3) is 0 Å². The first kappa shape index (κ1) is 17.5. The Kier molecular flexibility index (Phi) is 6.33. The third kappa shape index (κ3) is 5.40. The van der Waals surface area contributed by atoms with Crippen LogP contribution in [0, 0.1) is 0 Å². The van der Waals surface area contributed by atoms with Crippen LogP contribution >= 0.6 is 11.6 Å². The molecule has 7 heteroatoms. The van der Waals surface area contributed by atoms with Crippen molar-refractivity contribution in [1.29, 1.82) is 0 Å². The quantitative estimate of drug-likeness (QED) is 0.495. The fraction of sp³-hybridized carbons (Fsp3) is 0.118. The minimum absolute atomic E-state index is 0.166. The number of hydrogen-bond donors (Lipinski definition) is 1. The standard InChI is InChI=1S/C17H15ClN2O4/c1-23-17(22)13-4-2-12(3-5-13)10-19-20-16(21)11-24-15-8-6-14(18)7-9-15/h2-10H,11H2,1H3,(H,20,21). The molecule has 0 radical (unpaired) electrons. The molecule has 1 N–H and O–H groups in total. The number of rotatable bonds is 6. The van der Waals surface area contributed by atoms with Gasteiger partial charge in [0.2, 0.25) is 0 Å². The molecule has 2 aromatic rings. The largest absolute Gasteiger partial charge is 0.484 e. The number of hydrazone groups is 1. The molecule has 0 aliphatic rings. The first-order valence-corrected chi connectivity index (χ1v) is 7.35. The van der Waals surface area contributed by atoms with Crippen molar-refractivity contribution >= 4 is 29.7 Å². The highest BCUT2D eigenvalue weighted by Crippen LogP contribution is 2.15. The normalized spacial score (nSPS) is 10.4. The average molecular weight is 347 g/mol. The highest BCUT2D eigenvalue weighted by Gasteiger charge is 2.04. The van der Waals surface area contributed by atoms with Crippen LogP contribution in [0.1, 0.15) is 15.9 Å². The second kappa shape index (κ2) is 8.69. The van der Waals surface area contributed by atoms with Crippen molar-refractivity contribution < 1.29 is 19.1 Å². The summed E-state index contributed by atoms with van der Waals surface area (Å²) in [4.78, 5) is 22.9. The van der Waals surface area contributed by atoms with Crippen molar-refractivity contribution in [3.63, 3.8) is 0 Å². The summed E-state index contributed by atoms with van der Waals surface area (Å²) < 4.78 is 9.89. The minimum atomic E-state index is -0.411. The monoisotopic (exact) mass is 346 g/mol. The summed E-state index contributed by atoms with van der Waals surface area (Å²) in [5, 5.41) is 4.41. The Hall–Kier alpha value is -2.86. The third-order valence-electron chi connectivity index (χ3n) is 2.92. The topological polar surface area (TPSA) is 77.0 Å². The Balaban J connectivity index is 1.79. The number of halogens is 1. The minimum Gasteiger partial charge on any atom is -0.484 e. The number of nitrogens with zero attached hydrogens (tertiary/aromatic N) is 1. The number of carbonyl (C=O) groups is 2. The number of nitrogens with one attached hydrogen (secondary N) is 1. The Morgan fingerprint density at radius 1 is 1.12 bits per heavy atom. The van der Waals surface area contributed by atoms with E-state index in [9.17, 15) is 9.59 Å². The lowest BCUT2D eigenvalue weighted by atomic mass is 10.1. The van der Waals surface area contributed by atoms with E-state index in [4.69, 9.17) is 16.3 Å². The van der Waals surface area contributed by atoms with Gasteiger partial charge in [-0.3, -0.25) is 4.79 Å². The van der Waals surface area contributed by atoms with E-state index in [1.807, 2.05) is 0 Å². The van der Waals surface area contributed by atoms with Crippen molar-refractivity contribution in [2.45, 2.75) is 0 Å². The maximum Gasteiger partial charge on any atom is 0.337 e. The molecule has 124 valence electrons. The van der Waals surface area contributed by atoms with Crippen molar-refractivity contribution in [1.82, 2.24) is 5.43 Å². The second-order valence-corrected chi connectivity index (χ2v) is 5.09. The van der Waals surface area contributed by atoms with E-state index >= 15 is 0 Å². The molecule has 2 aromatic carbocycles. The molecule has 2 rings (SSSR count). The van der Waals surface area contributed by atoms with Gasteiger partial charge in [-0.1, -0.05) is 23.7 Å². The van der Waals surface area contributed by atoms with Crippen molar-refractivity contribution in [3.8, 4) is 5.75 Å². The molecule has 0 aliphatic heterocycles. The van der Waals surface area contributed by atoms with E-state index in [2.05, 4.69) is 15.3 Å². The zero-order chi connectivity index (χ0) is 17.4. The van der Waals surface area contributed by atoms with Crippen molar-refractivity contribution in [2.75, 3.05) is 13.7 Å². The van der Waals surface area contributed by atoms with Crippen LogP contribution in [0.3, 0.4) is 0 Å². The van der Waals surface area contributed by atoms with Gasteiger partial charge in [0, 0.05) is 5.02 Å². The van der Waals surface area contributed by atoms with Gasteiger partial charge in [0.15, 0.2) is 6.61 Å². The average Bonchev–Trinajstić information content (AvgIpc) is 2.61. The van der Waals surface area contributed by atoms with E-state index < -0.39 is 11.9 Å². The van der Waals surface area contributed by atoms with Gasteiger partial charge < -0.3 is 9.47 Å². The molecule has 0 aromatic heterocycles. The molecule has 0 aliphatic carbocycles. The molecule has 0 unspecified atom stereocenters. The molecule has 0 atom stereocenters. The molecular weight excluding hydrogens is 332 g/mol. The smallest absolute Gasteiger partial charge is 0.337 e. The molecule has 0 saturated carbocycles. The summed E-state index contributed by atoms with van der Waals surface area (Å²) in [6.07, 6.45) is 1.46. The fourth-order valence-corrected chi connectivity index (χ4v) is 1.84. The van der Waals surface area contributed by atoms with Crippen molar-refractivity contribution in [3.05, 3.63) is 64.7 Å². The van der Waals surface area contributed by atoms with Gasteiger partial charge in [-0.2, -0.15) is 5.10 Å². The van der Waals surface area contributed by atoms with Gasteiger partial charge in [0.25, 0.3) is 5.91 Å². The van der Waals surface area contributed by atoms with Crippen LogP contribution < -0.4 is 10.2 Å². The molecule has 0 spiro atoms. The zero-order valence-electron chi connectivity index (χ0n) is 12.9. The number of benzene rings is 2. The van der Waals surface area contributed by atoms with Crippen LogP contribution in [-0.2, 0) is 9.53 Å². The van der Waals surface area contributed by atoms with E-state index in [0.29, 0.717) is 16.3 Å². The van der Waals surface area contributed by atoms with Crippen molar-refractivity contribution in [2.24, 2.45) is 5.10 Å². The lowest BCUT2D eigenvalue weighted by molar-refractivity contribution is -0.123. The van der Waals surface area contributed by atoms with E-state index in [1.165, 1.54) is 13.3 Å². The number of methoxy groups -OCH3 is 1. The number of ether oxygens (including phenoxy) is 2. The Morgan fingerprint density at radius 2 is 1.79 bits per heavy atom. The number of esters is 1. The van der Waals surface area contributed by atoms with Crippen LogP contribution in [0.2, 0.25) is 5.02 Å². The number of carbonyl (C=O) groups excluding carboxylic acids is 2. The summed E-state index contributed by atoms with van der Waals surface area (Å²) in [7, 11) is 1.32. The molecule has 0 heterocycles. The van der Waals surface area contributed by atoms with E-state index in [1.54, 1.807) is 48.5 Å². The summed E-state index contributed by atoms with van der Waals surface area (Å²) >= 11 is 5.76. The van der Waals surface area contributed by atoms with Gasteiger partial charge in [0.1, 0.15) is 5.75 Å². The lowest BCUT2D eigenvalue weighted by Gasteiger charge is -2.04. The summed E-state index contributed by atoms with van der Waals surface area (Å²) in [6, 6.07) is 13.3. The summed E-state index contributed by atoms with van der Waals surface area (Å²) in [6.45, 7) is -0.166. The Morgan fingerprint density at radius 3 is 2.42 bits per heavy atom. The fourth-order valence-electron chi connectivity index (χ4n) is 1.71. The lowest BCUT2D eigenvalue weighted by Crippen LogP contribution is -2.24. The predicted octanol–water partition coefficient (Wildman–Crippen LogP) is 2.66. The van der Waals surface area contributed by atoms with E-state index in [-0.39, 0.29) is 6.61 Å². The van der Waals surface area contributed by atoms with Gasteiger partial charge >= 0.3 is 5.97 Å². The SMILES string of the molecule is COC(=O)c1ccc(C=NNC(=O)COc2ccc(Cl)cc2)cc1. The van der Waals surface area contributed by atoms with Crippen LogP contribution in [-0.4, -0.2) is 31.8 Å². The molecule has 24 heavy (non-hydrogen) atoms. The van der Waals surface area contributed by atoms with E-state index in [0.717, 1.165) is 5.56 Å². The number of hydrogen-bond acceptors (Lipinski definition) is 5. The van der Waals surface area contributed by atoms with Gasteiger partial charge in [-0.25, -0.2) is 10.2 Å². The summed E-state index contributed by atoms with van der Waals surface area (Å²) in [5.74, 6) is -0.268. The van der Waals surface area contributed by atoms with Gasteiger partial charge in [-0.15, -0.1) is 0 Å². The summed E-state index contributed by atoms with van der Waals surface area (Å²) in [5.41, 5.74) is 3.51. The second-order valence-electron chi connectivity index (χ2n) is 4.65. The van der Waals surface area contributed by atoms with Gasteiger partial charge in [-0.05, 0) is 42.0 Å². The van der Waals surface area contributed by atoms with Crippen LogP contribution in [0.5, 0.6) is 5.75 Å². The van der Waals surface area contributed by atoms with Gasteiger partial charge in [0.05, 0.1) is 18.9 Å². The zero-order valence-corrected chi connectivity index (χ0v) is 13.6. The molecule has 1 amide bonds. The molecular formula is C17H15ClN2O4. The predicted molar refractivity (Wildman–Crippen MR) is 90.5 cm³/mol. The van der Waals surface area contributed by atoms with Crippen LogP contribution in [0.15, 0.2) is 53.6 Å². The van der Waals surface area contributed by atoms with Crippen LogP contribution in [0.4, 0.5) is 0 Å². The molecule has 6 nitrogen and oxygen atoms in total. The Bertz CT molecular complexity index is 727. The highest BCUT2D eigenvalue weighted by atomic mass is 35.5. The first-order valence-electron chi connectivity index (χ1n) is 6.97. The maximum absolute atomic E-state index is 11.6. The number of amides is 1.